The molecule has 120 valence electrons. The fourth-order valence-electron chi connectivity index (χ4n) is 3.70. The lowest BCUT2D eigenvalue weighted by molar-refractivity contribution is -0.137. The van der Waals surface area contributed by atoms with Crippen LogP contribution in [0.25, 0.3) is 0 Å². The van der Waals surface area contributed by atoms with E-state index >= 15 is 0 Å². The smallest absolute Gasteiger partial charge is 0.303 e. The normalized spacial score (nSPS) is 35.0. The molecule has 3 rings (SSSR count). The molecule has 0 radical (unpaired) electrons. The minimum atomic E-state index is -1.08. The van der Waals surface area contributed by atoms with Crippen molar-refractivity contribution in [1.29, 1.82) is 0 Å². The summed E-state index contributed by atoms with van der Waals surface area (Å²) in [4.78, 5) is 22.6. The molecule has 0 amide bonds. The van der Waals surface area contributed by atoms with E-state index in [1.54, 1.807) is 25.2 Å². The second-order valence-corrected chi connectivity index (χ2v) is 6.78. The first-order valence-corrected chi connectivity index (χ1v) is 7.75. The van der Waals surface area contributed by atoms with E-state index in [0.717, 1.165) is 16.7 Å². The zero-order chi connectivity index (χ0) is 16.8. The monoisotopic (exact) mass is 312 g/mol. The highest BCUT2D eigenvalue weighted by molar-refractivity contribution is 6.02. The first kappa shape index (κ1) is 15.7. The first-order valence-electron chi connectivity index (χ1n) is 7.75. The van der Waals surface area contributed by atoms with E-state index in [0.29, 0.717) is 6.42 Å². The molecule has 0 saturated carbocycles. The van der Waals surface area contributed by atoms with Crippen molar-refractivity contribution in [3.05, 3.63) is 59.3 Å². The number of hydrogen-bond donors (Lipinski definition) is 2. The summed E-state index contributed by atoms with van der Waals surface area (Å²) in [5.74, 6) is -1.17. The lowest BCUT2D eigenvalue weighted by Crippen LogP contribution is -2.39. The number of carbonyl (C=O) groups is 2. The summed E-state index contributed by atoms with van der Waals surface area (Å²) < 4.78 is 0. The van der Waals surface area contributed by atoms with Gasteiger partial charge in [0.15, 0.2) is 5.78 Å². The summed E-state index contributed by atoms with van der Waals surface area (Å²) in [6, 6.07) is 0. The molecular weight excluding hydrogens is 292 g/mol. The molecule has 3 unspecified atom stereocenters. The molecule has 0 aliphatic heterocycles. The summed E-state index contributed by atoms with van der Waals surface area (Å²) in [7, 11) is 0. The minimum absolute atomic E-state index is 0.00696. The van der Waals surface area contributed by atoms with Crippen LogP contribution in [-0.2, 0) is 9.59 Å². The number of aliphatic carboxylic acids is 1. The number of allylic oxidation sites excluding steroid dienone is 8. The van der Waals surface area contributed by atoms with Gasteiger partial charge in [-0.3, -0.25) is 9.59 Å². The molecule has 0 aromatic carbocycles. The van der Waals surface area contributed by atoms with E-state index in [-0.39, 0.29) is 18.1 Å². The number of fused-ring (bicyclic) bond motifs is 2. The van der Waals surface area contributed by atoms with Crippen LogP contribution >= 0.6 is 0 Å². The maximum atomic E-state index is 11.6. The number of hydrogen-bond acceptors (Lipinski definition) is 3. The van der Waals surface area contributed by atoms with Crippen LogP contribution in [0.5, 0.6) is 0 Å². The van der Waals surface area contributed by atoms with Gasteiger partial charge in [-0.15, -0.1) is 0 Å². The van der Waals surface area contributed by atoms with E-state index in [9.17, 15) is 14.7 Å². The molecule has 0 bridgehead atoms. The second kappa shape index (κ2) is 5.17. The van der Waals surface area contributed by atoms with Gasteiger partial charge in [0.25, 0.3) is 0 Å². The summed E-state index contributed by atoms with van der Waals surface area (Å²) >= 11 is 0. The van der Waals surface area contributed by atoms with Crippen molar-refractivity contribution < 1.29 is 19.8 Å². The average Bonchev–Trinajstić information content (AvgIpc) is 2.46. The van der Waals surface area contributed by atoms with Crippen molar-refractivity contribution in [1.82, 2.24) is 0 Å². The largest absolute Gasteiger partial charge is 0.481 e. The van der Waals surface area contributed by atoms with Crippen LogP contribution in [0.15, 0.2) is 59.3 Å². The second-order valence-electron chi connectivity index (χ2n) is 6.78. The maximum absolute atomic E-state index is 11.6. The Balaban J connectivity index is 2.06. The Morgan fingerprint density at radius 1 is 1.17 bits per heavy atom. The lowest BCUT2D eigenvalue weighted by Gasteiger charge is -2.43. The molecule has 0 heterocycles. The molecule has 4 heteroatoms. The van der Waals surface area contributed by atoms with Crippen molar-refractivity contribution in [3.8, 4) is 0 Å². The molecule has 0 spiro atoms. The highest BCUT2D eigenvalue weighted by Crippen LogP contribution is 2.50. The van der Waals surface area contributed by atoms with E-state index in [1.165, 1.54) is 0 Å². The van der Waals surface area contributed by atoms with Gasteiger partial charge in [0, 0.05) is 17.8 Å². The number of carboxylic acids is 1. The van der Waals surface area contributed by atoms with Gasteiger partial charge in [-0.2, -0.15) is 0 Å². The summed E-state index contributed by atoms with van der Waals surface area (Å²) in [6.07, 6.45) is 12.9. The quantitative estimate of drug-likeness (QED) is 0.840. The summed E-state index contributed by atoms with van der Waals surface area (Å²) in [5.41, 5.74) is 1.41. The third kappa shape index (κ3) is 2.53. The van der Waals surface area contributed by atoms with Crippen molar-refractivity contribution in [2.45, 2.75) is 32.3 Å². The number of ketones is 1. The topological polar surface area (TPSA) is 74.6 Å². The SMILES string of the molecule is CC12C=CC(=O)C=C1C=CC1=C2C=CC(C)(O)C1CCC(=O)O. The summed E-state index contributed by atoms with van der Waals surface area (Å²) in [6.45, 7) is 3.75. The summed E-state index contributed by atoms with van der Waals surface area (Å²) in [5, 5.41) is 19.7. The van der Waals surface area contributed by atoms with Crippen LogP contribution in [0.2, 0.25) is 0 Å². The number of carboxylic acid groups (broad SMARTS) is 1. The van der Waals surface area contributed by atoms with Crippen LogP contribution in [0, 0.1) is 11.3 Å². The standard InChI is InChI=1S/C19H20O4/c1-18-9-7-13(20)11-12(18)3-4-14-15(18)8-10-19(2,23)16(14)5-6-17(21)22/h3-4,7-11,16,23H,5-6H2,1-2H3,(H,21,22). The van der Waals surface area contributed by atoms with Gasteiger partial charge < -0.3 is 10.2 Å². The maximum Gasteiger partial charge on any atom is 0.303 e. The van der Waals surface area contributed by atoms with Gasteiger partial charge in [-0.25, -0.2) is 0 Å². The van der Waals surface area contributed by atoms with Gasteiger partial charge in [-0.1, -0.05) is 30.4 Å². The molecule has 3 atom stereocenters. The number of carbonyl (C=O) groups excluding carboxylic acids is 1. The average molecular weight is 312 g/mol. The van der Waals surface area contributed by atoms with Crippen molar-refractivity contribution in [2.75, 3.05) is 0 Å². The highest BCUT2D eigenvalue weighted by atomic mass is 16.4. The van der Waals surface area contributed by atoms with E-state index in [1.807, 2.05) is 31.2 Å². The molecule has 2 N–H and O–H groups in total. The molecule has 23 heavy (non-hydrogen) atoms. The van der Waals surface area contributed by atoms with Crippen LogP contribution in [0.4, 0.5) is 0 Å². The Bertz CT molecular complexity index is 730. The van der Waals surface area contributed by atoms with Crippen molar-refractivity contribution >= 4 is 11.8 Å². The predicted molar refractivity (Wildman–Crippen MR) is 86.6 cm³/mol. The Morgan fingerprint density at radius 3 is 2.61 bits per heavy atom. The zero-order valence-corrected chi connectivity index (χ0v) is 13.2. The number of rotatable bonds is 3. The fraction of sp³-hybridized carbons (Fsp3) is 0.368. The Kier molecular flexibility index (Phi) is 3.52. The van der Waals surface area contributed by atoms with Crippen LogP contribution < -0.4 is 0 Å². The van der Waals surface area contributed by atoms with Crippen LogP contribution in [-0.4, -0.2) is 27.6 Å². The number of aliphatic hydroxyl groups is 1. The first-order chi connectivity index (χ1) is 10.7. The Hall–Kier alpha value is -2.20. The predicted octanol–water partition coefficient (Wildman–Crippen LogP) is 2.73. The molecule has 0 saturated heterocycles. The Morgan fingerprint density at radius 2 is 1.91 bits per heavy atom. The van der Waals surface area contributed by atoms with Gasteiger partial charge in [0.1, 0.15) is 0 Å². The molecule has 0 fully saturated rings. The molecule has 3 aliphatic carbocycles. The molecule has 3 aliphatic rings. The molecule has 4 nitrogen and oxygen atoms in total. The minimum Gasteiger partial charge on any atom is -0.481 e. The van der Waals surface area contributed by atoms with Gasteiger partial charge in [-0.05, 0) is 49.1 Å². The van der Waals surface area contributed by atoms with E-state index in [2.05, 4.69) is 0 Å². The van der Waals surface area contributed by atoms with E-state index < -0.39 is 17.0 Å². The Labute approximate surface area is 135 Å². The van der Waals surface area contributed by atoms with Crippen LogP contribution in [0.1, 0.15) is 26.7 Å². The third-order valence-electron chi connectivity index (χ3n) is 5.11. The van der Waals surface area contributed by atoms with Gasteiger partial charge in [0.05, 0.1) is 5.60 Å². The van der Waals surface area contributed by atoms with Gasteiger partial charge >= 0.3 is 5.97 Å². The molecule has 0 aromatic rings. The van der Waals surface area contributed by atoms with Crippen LogP contribution in [0.3, 0.4) is 0 Å². The van der Waals surface area contributed by atoms with Gasteiger partial charge in [0.2, 0.25) is 0 Å². The zero-order valence-electron chi connectivity index (χ0n) is 13.2. The molecule has 0 aromatic heterocycles. The fourth-order valence-corrected chi connectivity index (χ4v) is 3.70. The third-order valence-corrected chi connectivity index (χ3v) is 5.11. The van der Waals surface area contributed by atoms with E-state index in [4.69, 9.17) is 5.11 Å². The highest BCUT2D eigenvalue weighted by Gasteiger charge is 2.43. The van der Waals surface area contributed by atoms with Crippen molar-refractivity contribution in [2.24, 2.45) is 11.3 Å². The van der Waals surface area contributed by atoms with Crippen molar-refractivity contribution in [3.63, 3.8) is 0 Å². The lowest BCUT2D eigenvalue weighted by atomic mass is 9.62. The molecular formula is C19H20O4.